The standard InChI is InChI=1S/C10H14N2O3/c1-7(13)6-12(2)8-3-4-9(10(14)15)11-5-8/h3-5,7,13H,6H2,1-2H3,(H,14,15). The van der Waals surface area contributed by atoms with E-state index in [-0.39, 0.29) is 5.69 Å². The van der Waals surface area contributed by atoms with E-state index in [1.165, 1.54) is 12.3 Å². The molecule has 2 N–H and O–H groups in total. The van der Waals surface area contributed by atoms with Crippen molar-refractivity contribution in [2.45, 2.75) is 13.0 Å². The van der Waals surface area contributed by atoms with Crippen LogP contribution in [0.2, 0.25) is 0 Å². The Morgan fingerprint density at radius 2 is 2.27 bits per heavy atom. The van der Waals surface area contributed by atoms with Crippen LogP contribution < -0.4 is 4.90 Å². The number of aromatic nitrogens is 1. The van der Waals surface area contributed by atoms with Crippen molar-refractivity contribution in [2.75, 3.05) is 18.5 Å². The van der Waals surface area contributed by atoms with Gasteiger partial charge in [0, 0.05) is 13.6 Å². The van der Waals surface area contributed by atoms with Gasteiger partial charge in [0.2, 0.25) is 0 Å². The minimum atomic E-state index is -1.04. The average Bonchev–Trinajstić information content (AvgIpc) is 2.17. The van der Waals surface area contributed by atoms with Crippen molar-refractivity contribution in [3.8, 4) is 0 Å². The lowest BCUT2D eigenvalue weighted by molar-refractivity contribution is 0.0690. The zero-order valence-electron chi connectivity index (χ0n) is 8.71. The molecule has 15 heavy (non-hydrogen) atoms. The molecule has 0 aliphatic carbocycles. The van der Waals surface area contributed by atoms with Crippen LogP contribution in [-0.4, -0.2) is 40.9 Å². The lowest BCUT2D eigenvalue weighted by atomic mass is 10.3. The van der Waals surface area contributed by atoms with Crippen LogP contribution in [-0.2, 0) is 0 Å². The summed E-state index contributed by atoms with van der Waals surface area (Å²) in [6.07, 6.45) is 1.04. The van der Waals surface area contributed by atoms with Crippen LogP contribution in [0.5, 0.6) is 0 Å². The van der Waals surface area contributed by atoms with Crippen molar-refractivity contribution in [1.29, 1.82) is 0 Å². The maximum Gasteiger partial charge on any atom is 0.354 e. The molecule has 1 heterocycles. The van der Waals surface area contributed by atoms with E-state index < -0.39 is 12.1 Å². The van der Waals surface area contributed by atoms with Gasteiger partial charge in [-0.25, -0.2) is 9.78 Å². The molecule has 0 spiro atoms. The molecule has 0 bridgehead atoms. The van der Waals surface area contributed by atoms with Gasteiger partial charge in [-0.2, -0.15) is 0 Å². The molecular weight excluding hydrogens is 196 g/mol. The van der Waals surface area contributed by atoms with Gasteiger partial charge >= 0.3 is 5.97 Å². The fourth-order valence-electron chi connectivity index (χ4n) is 1.24. The number of nitrogens with zero attached hydrogens (tertiary/aromatic N) is 2. The minimum absolute atomic E-state index is 0.0178. The molecule has 82 valence electrons. The number of aliphatic hydroxyl groups excluding tert-OH is 1. The molecule has 1 unspecified atom stereocenters. The molecule has 1 aromatic heterocycles. The second kappa shape index (κ2) is 4.75. The van der Waals surface area contributed by atoms with Gasteiger partial charge in [0.25, 0.3) is 0 Å². The SMILES string of the molecule is CC(O)CN(C)c1ccc(C(=O)O)nc1. The fraction of sp³-hybridized carbons (Fsp3) is 0.400. The monoisotopic (exact) mass is 210 g/mol. The molecule has 0 saturated carbocycles. The number of anilines is 1. The number of carboxylic acid groups (broad SMARTS) is 1. The Hall–Kier alpha value is -1.62. The topological polar surface area (TPSA) is 73.7 Å². The molecule has 1 aromatic rings. The summed E-state index contributed by atoms with van der Waals surface area (Å²) in [6.45, 7) is 2.17. The average molecular weight is 210 g/mol. The third-order valence-electron chi connectivity index (χ3n) is 1.95. The van der Waals surface area contributed by atoms with E-state index >= 15 is 0 Å². The Morgan fingerprint density at radius 3 is 2.67 bits per heavy atom. The van der Waals surface area contributed by atoms with E-state index in [4.69, 9.17) is 5.11 Å². The number of carbonyl (C=O) groups is 1. The van der Waals surface area contributed by atoms with Crippen molar-refractivity contribution in [3.05, 3.63) is 24.0 Å². The summed E-state index contributed by atoms with van der Waals surface area (Å²) in [6, 6.07) is 3.11. The first-order valence-corrected chi connectivity index (χ1v) is 4.59. The van der Waals surface area contributed by atoms with Crippen molar-refractivity contribution < 1.29 is 15.0 Å². The number of hydrogen-bond acceptors (Lipinski definition) is 4. The second-order valence-corrected chi connectivity index (χ2v) is 3.44. The zero-order chi connectivity index (χ0) is 11.4. The maximum atomic E-state index is 10.5. The largest absolute Gasteiger partial charge is 0.477 e. The molecule has 0 radical (unpaired) electrons. The Kier molecular flexibility index (Phi) is 3.62. The predicted molar refractivity (Wildman–Crippen MR) is 56.1 cm³/mol. The summed E-state index contributed by atoms with van der Waals surface area (Å²) in [4.78, 5) is 16.1. The van der Waals surface area contributed by atoms with Crippen molar-refractivity contribution in [2.24, 2.45) is 0 Å². The number of pyridine rings is 1. The van der Waals surface area contributed by atoms with E-state index in [9.17, 15) is 9.90 Å². The molecule has 0 aromatic carbocycles. The summed E-state index contributed by atoms with van der Waals surface area (Å²) in [5.41, 5.74) is 0.796. The number of aromatic carboxylic acids is 1. The molecule has 0 aliphatic heterocycles. The maximum absolute atomic E-state index is 10.5. The Bertz CT molecular complexity index is 335. The number of likely N-dealkylation sites (N-methyl/N-ethyl adjacent to an activating group) is 1. The van der Waals surface area contributed by atoms with E-state index in [1.54, 1.807) is 13.0 Å². The van der Waals surface area contributed by atoms with Gasteiger partial charge in [0.15, 0.2) is 0 Å². The third-order valence-corrected chi connectivity index (χ3v) is 1.95. The van der Waals surface area contributed by atoms with Gasteiger partial charge in [-0.3, -0.25) is 0 Å². The van der Waals surface area contributed by atoms with Gasteiger partial charge < -0.3 is 15.1 Å². The van der Waals surface area contributed by atoms with Crippen molar-refractivity contribution in [3.63, 3.8) is 0 Å². The van der Waals surface area contributed by atoms with Crippen LogP contribution in [0.15, 0.2) is 18.3 Å². The lowest BCUT2D eigenvalue weighted by Gasteiger charge is -2.20. The number of hydrogen-bond donors (Lipinski definition) is 2. The van der Waals surface area contributed by atoms with Gasteiger partial charge in [-0.05, 0) is 19.1 Å². The highest BCUT2D eigenvalue weighted by atomic mass is 16.4. The molecule has 1 atom stereocenters. The molecule has 0 saturated heterocycles. The van der Waals surface area contributed by atoms with Crippen molar-refractivity contribution >= 4 is 11.7 Å². The van der Waals surface area contributed by atoms with E-state index in [0.717, 1.165) is 5.69 Å². The summed E-state index contributed by atoms with van der Waals surface area (Å²) in [7, 11) is 1.81. The van der Waals surface area contributed by atoms with Crippen LogP contribution in [0.4, 0.5) is 5.69 Å². The molecule has 0 aliphatic rings. The van der Waals surface area contributed by atoms with Gasteiger partial charge in [0.05, 0.1) is 18.0 Å². The van der Waals surface area contributed by atoms with Crippen LogP contribution in [0, 0.1) is 0 Å². The van der Waals surface area contributed by atoms with Gasteiger partial charge in [-0.1, -0.05) is 0 Å². The van der Waals surface area contributed by atoms with E-state index in [2.05, 4.69) is 4.98 Å². The molecule has 0 amide bonds. The summed E-state index contributed by atoms with van der Waals surface area (Å²) < 4.78 is 0. The number of rotatable bonds is 4. The normalized spacial score (nSPS) is 12.2. The summed E-state index contributed by atoms with van der Waals surface area (Å²) >= 11 is 0. The van der Waals surface area contributed by atoms with E-state index in [1.807, 2.05) is 11.9 Å². The highest BCUT2D eigenvalue weighted by molar-refractivity contribution is 5.85. The third kappa shape index (κ3) is 3.21. The molecule has 5 heteroatoms. The first-order chi connectivity index (χ1) is 7.00. The number of carboxylic acids is 1. The highest BCUT2D eigenvalue weighted by Gasteiger charge is 2.07. The first kappa shape index (κ1) is 11.5. The Morgan fingerprint density at radius 1 is 1.60 bits per heavy atom. The highest BCUT2D eigenvalue weighted by Crippen LogP contribution is 2.11. The number of aliphatic hydroxyl groups is 1. The van der Waals surface area contributed by atoms with Crippen molar-refractivity contribution in [1.82, 2.24) is 4.98 Å². The smallest absolute Gasteiger partial charge is 0.354 e. The van der Waals surface area contributed by atoms with Crippen LogP contribution in [0.25, 0.3) is 0 Å². The van der Waals surface area contributed by atoms with Gasteiger partial charge in [0.1, 0.15) is 5.69 Å². The Balaban J connectivity index is 2.75. The molecule has 1 rings (SSSR count). The molecule has 5 nitrogen and oxygen atoms in total. The predicted octanol–water partition coefficient (Wildman–Crippen LogP) is 0.597. The zero-order valence-corrected chi connectivity index (χ0v) is 8.71. The van der Waals surface area contributed by atoms with Gasteiger partial charge in [-0.15, -0.1) is 0 Å². The minimum Gasteiger partial charge on any atom is -0.477 e. The first-order valence-electron chi connectivity index (χ1n) is 4.59. The summed E-state index contributed by atoms with van der Waals surface area (Å²) in [5, 5.41) is 17.8. The van der Waals surface area contributed by atoms with E-state index in [0.29, 0.717) is 6.54 Å². The lowest BCUT2D eigenvalue weighted by Crippen LogP contribution is -2.26. The second-order valence-electron chi connectivity index (χ2n) is 3.44. The Labute approximate surface area is 88.0 Å². The fourth-order valence-corrected chi connectivity index (χ4v) is 1.24. The van der Waals surface area contributed by atoms with Crippen LogP contribution in [0.3, 0.4) is 0 Å². The summed E-state index contributed by atoms with van der Waals surface area (Å²) in [5.74, 6) is -1.04. The quantitative estimate of drug-likeness (QED) is 0.761. The van der Waals surface area contributed by atoms with Crippen LogP contribution >= 0.6 is 0 Å². The molecular formula is C10H14N2O3. The molecule has 0 fully saturated rings. The van der Waals surface area contributed by atoms with Crippen LogP contribution in [0.1, 0.15) is 17.4 Å².